The molecule has 2 amide bonds. The molecule has 0 aromatic heterocycles. The highest BCUT2D eigenvalue weighted by atomic mass is 16.6. The molecule has 0 aliphatic heterocycles. The van der Waals surface area contributed by atoms with E-state index in [4.69, 9.17) is 9.47 Å². The number of carbonyl (C=O) groups is 3. The molecule has 150 valence electrons. The minimum Gasteiger partial charge on any atom is -0.497 e. The minimum absolute atomic E-state index is 0.00702. The highest BCUT2D eigenvalue weighted by Gasteiger charge is 2.25. The lowest BCUT2D eigenvalue weighted by atomic mass is 10.1. The van der Waals surface area contributed by atoms with E-state index in [0.29, 0.717) is 5.75 Å². The Bertz CT molecular complexity index is 637. The van der Waals surface area contributed by atoms with Gasteiger partial charge in [-0.25, -0.2) is 4.79 Å². The highest BCUT2D eigenvalue weighted by molar-refractivity contribution is 5.86. The summed E-state index contributed by atoms with van der Waals surface area (Å²) in [5.74, 6) is -0.165. The van der Waals surface area contributed by atoms with Crippen LogP contribution in [-0.2, 0) is 25.6 Å². The second-order valence-electron chi connectivity index (χ2n) is 6.88. The topological polar surface area (TPSA) is 103 Å². The first-order chi connectivity index (χ1) is 12.6. The molecule has 1 atom stereocenters. The predicted molar refractivity (Wildman–Crippen MR) is 99.2 cm³/mol. The van der Waals surface area contributed by atoms with Gasteiger partial charge in [0.05, 0.1) is 14.2 Å². The Morgan fingerprint density at radius 3 is 2.22 bits per heavy atom. The first kappa shape index (κ1) is 22.3. The first-order valence-electron chi connectivity index (χ1n) is 8.61. The number of alkyl carbamates (subject to hydrolysis) is 1. The quantitative estimate of drug-likeness (QED) is 0.670. The summed E-state index contributed by atoms with van der Waals surface area (Å²) in [6.45, 7) is 5.44. The van der Waals surface area contributed by atoms with Crippen molar-refractivity contribution < 1.29 is 28.6 Å². The Balaban J connectivity index is 2.69. The zero-order valence-electron chi connectivity index (χ0n) is 16.5. The number of rotatable bonds is 8. The lowest BCUT2D eigenvalue weighted by Gasteiger charge is -2.23. The van der Waals surface area contributed by atoms with E-state index in [1.54, 1.807) is 40.0 Å². The summed E-state index contributed by atoms with van der Waals surface area (Å²) in [6.07, 6.45) is -0.634. The van der Waals surface area contributed by atoms with Gasteiger partial charge in [0.1, 0.15) is 17.4 Å². The molecule has 0 saturated heterocycles. The number of ether oxygens (including phenoxy) is 3. The molecule has 0 heterocycles. The van der Waals surface area contributed by atoms with E-state index in [1.165, 1.54) is 7.11 Å². The van der Waals surface area contributed by atoms with Gasteiger partial charge in [0.2, 0.25) is 5.91 Å². The Morgan fingerprint density at radius 1 is 1.07 bits per heavy atom. The summed E-state index contributed by atoms with van der Waals surface area (Å²) in [4.78, 5) is 35.9. The Morgan fingerprint density at radius 2 is 1.70 bits per heavy atom. The SMILES string of the molecule is COC(=O)CC[C@H](NC(=O)OC(C)(C)C)C(=O)NCc1ccc(OC)cc1. The van der Waals surface area contributed by atoms with Crippen molar-refractivity contribution in [2.24, 2.45) is 0 Å². The van der Waals surface area contributed by atoms with Crippen LogP contribution in [0.3, 0.4) is 0 Å². The molecule has 2 N–H and O–H groups in total. The zero-order chi connectivity index (χ0) is 20.4. The van der Waals surface area contributed by atoms with Crippen LogP contribution in [0.5, 0.6) is 5.75 Å². The van der Waals surface area contributed by atoms with E-state index >= 15 is 0 Å². The van der Waals surface area contributed by atoms with Gasteiger partial charge in [-0.15, -0.1) is 0 Å². The minimum atomic E-state index is -0.919. The highest BCUT2D eigenvalue weighted by Crippen LogP contribution is 2.11. The average Bonchev–Trinajstić information content (AvgIpc) is 2.61. The van der Waals surface area contributed by atoms with Gasteiger partial charge >= 0.3 is 12.1 Å². The van der Waals surface area contributed by atoms with Gasteiger partial charge in [-0.05, 0) is 44.9 Å². The lowest BCUT2D eigenvalue weighted by molar-refractivity contribution is -0.141. The molecule has 27 heavy (non-hydrogen) atoms. The van der Waals surface area contributed by atoms with E-state index in [2.05, 4.69) is 15.4 Å². The van der Waals surface area contributed by atoms with Crippen molar-refractivity contribution in [3.05, 3.63) is 29.8 Å². The Kier molecular flexibility index (Phi) is 8.58. The van der Waals surface area contributed by atoms with Gasteiger partial charge in [-0.3, -0.25) is 9.59 Å². The normalized spacial score (nSPS) is 11.9. The van der Waals surface area contributed by atoms with Gasteiger partial charge in [-0.2, -0.15) is 0 Å². The van der Waals surface area contributed by atoms with E-state index in [0.717, 1.165) is 5.56 Å². The Hall–Kier alpha value is -2.77. The standard InChI is InChI=1S/C19H28N2O6/c1-19(2,3)27-18(24)21-15(10-11-16(22)26-5)17(23)20-12-13-6-8-14(25-4)9-7-13/h6-9,15H,10-12H2,1-5H3,(H,20,23)(H,21,24)/t15-/m0/s1. The third-order valence-electron chi connectivity index (χ3n) is 3.50. The molecule has 0 bridgehead atoms. The summed E-state index contributed by atoms with van der Waals surface area (Å²) in [6, 6.07) is 6.30. The molecule has 8 heteroatoms. The number of amides is 2. The van der Waals surface area contributed by atoms with Crippen LogP contribution >= 0.6 is 0 Å². The van der Waals surface area contributed by atoms with Crippen LogP contribution in [0.2, 0.25) is 0 Å². The zero-order valence-corrected chi connectivity index (χ0v) is 16.5. The Labute approximate surface area is 159 Å². The largest absolute Gasteiger partial charge is 0.497 e. The molecule has 1 rings (SSSR count). The van der Waals surface area contributed by atoms with Crippen molar-refractivity contribution in [1.29, 1.82) is 0 Å². The summed E-state index contributed by atoms with van der Waals surface area (Å²) in [5, 5.41) is 5.25. The fraction of sp³-hybridized carbons (Fsp3) is 0.526. The molecular formula is C19H28N2O6. The van der Waals surface area contributed by atoms with Crippen LogP contribution in [-0.4, -0.2) is 43.8 Å². The fourth-order valence-corrected chi connectivity index (χ4v) is 2.14. The number of carbonyl (C=O) groups excluding carboxylic acids is 3. The van der Waals surface area contributed by atoms with Crippen molar-refractivity contribution >= 4 is 18.0 Å². The maximum atomic E-state index is 12.5. The van der Waals surface area contributed by atoms with Gasteiger partial charge in [0.25, 0.3) is 0 Å². The number of benzene rings is 1. The van der Waals surface area contributed by atoms with Crippen molar-refractivity contribution in [2.45, 2.75) is 51.8 Å². The fourth-order valence-electron chi connectivity index (χ4n) is 2.14. The number of hydrogen-bond acceptors (Lipinski definition) is 6. The molecule has 1 aromatic carbocycles. The van der Waals surface area contributed by atoms with E-state index < -0.39 is 29.6 Å². The number of nitrogens with one attached hydrogen (secondary N) is 2. The number of hydrogen-bond donors (Lipinski definition) is 2. The summed E-state index contributed by atoms with van der Waals surface area (Å²) < 4.78 is 14.9. The predicted octanol–water partition coefficient (Wildman–Crippen LogP) is 2.16. The van der Waals surface area contributed by atoms with Crippen molar-refractivity contribution in [3.63, 3.8) is 0 Å². The maximum absolute atomic E-state index is 12.5. The third kappa shape index (κ3) is 8.94. The van der Waals surface area contributed by atoms with Gasteiger partial charge < -0.3 is 24.8 Å². The van der Waals surface area contributed by atoms with Crippen LogP contribution in [0.4, 0.5) is 4.79 Å². The van der Waals surface area contributed by atoms with E-state index in [1.807, 2.05) is 12.1 Å². The summed E-state index contributed by atoms with van der Waals surface area (Å²) in [7, 11) is 2.84. The van der Waals surface area contributed by atoms with Crippen LogP contribution in [0, 0.1) is 0 Å². The van der Waals surface area contributed by atoms with Crippen LogP contribution < -0.4 is 15.4 Å². The smallest absolute Gasteiger partial charge is 0.408 e. The van der Waals surface area contributed by atoms with Crippen molar-refractivity contribution in [1.82, 2.24) is 10.6 Å². The monoisotopic (exact) mass is 380 g/mol. The average molecular weight is 380 g/mol. The van der Waals surface area contributed by atoms with Crippen molar-refractivity contribution in [3.8, 4) is 5.75 Å². The first-order valence-corrected chi connectivity index (χ1v) is 8.61. The molecule has 0 aliphatic rings. The molecular weight excluding hydrogens is 352 g/mol. The van der Waals surface area contributed by atoms with Crippen molar-refractivity contribution in [2.75, 3.05) is 14.2 Å². The molecule has 0 saturated carbocycles. The molecule has 0 unspecified atom stereocenters. The van der Waals surface area contributed by atoms with Gasteiger partial charge in [0.15, 0.2) is 0 Å². The second-order valence-corrected chi connectivity index (χ2v) is 6.88. The van der Waals surface area contributed by atoms with Crippen LogP contribution in [0.1, 0.15) is 39.2 Å². The molecule has 0 spiro atoms. The van der Waals surface area contributed by atoms with E-state index in [9.17, 15) is 14.4 Å². The number of esters is 1. The summed E-state index contributed by atoms with van der Waals surface area (Å²) >= 11 is 0. The van der Waals surface area contributed by atoms with E-state index in [-0.39, 0.29) is 19.4 Å². The third-order valence-corrected chi connectivity index (χ3v) is 3.50. The molecule has 8 nitrogen and oxygen atoms in total. The molecule has 1 aromatic rings. The maximum Gasteiger partial charge on any atom is 0.408 e. The van der Waals surface area contributed by atoms with Crippen LogP contribution in [0.25, 0.3) is 0 Å². The van der Waals surface area contributed by atoms with Gasteiger partial charge in [0, 0.05) is 13.0 Å². The second kappa shape index (κ2) is 10.4. The molecule has 0 fully saturated rings. The molecule has 0 aliphatic carbocycles. The summed E-state index contributed by atoms with van der Waals surface area (Å²) in [5.41, 5.74) is 0.171. The lowest BCUT2D eigenvalue weighted by Crippen LogP contribution is -2.48. The van der Waals surface area contributed by atoms with Gasteiger partial charge in [-0.1, -0.05) is 12.1 Å². The number of methoxy groups -OCH3 is 2. The van der Waals surface area contributed by atoms with Crippen LogP contribution in [0.15, 0.2) is 24.3 Å². The molecule has 0 radical (unpaired) electrons.